The zero-order chi connectivity index (χ0) is 14.1. The van der Waals surface area contributed by atoms with Gasteiger partial charge in [0.1, 0.15) is 5.54 Å². The van der Waals surface area contributed by atoms with E-state index in [9.17, 15) is 9.59 Å². The van der Waals surface area contributed by atoms with E-state index in [1.54, 1.807) is 25.1 Å². The summed E-state index contributed by atoms with van der Waals surface area (Å²) in [6.07, 6.45) is 0. The fourth-order valence-corrected chi connectivity index (χ4v) is 1.49. The van der Waals surface area contributed by atoms with Crippen LogP contribution in [-0.4, -0.2) is 34.5 Å². The largest absolute Gasteiger partial charge is 0.480 e. The van der Waals surface area contributed by atoms with Crippen LogP contribution in [0.1, 0.15) is 29.8 Å². The van der Waals surface area contributed by atoms with Gasteiger partial charge in [-0.05, 0) is 44.5 Å². The third-order valence-corrected chi connectivity index (χ3v) is 3.50. The maximum atomic E-state index is 12.2. The molecule has 98 valence electrons. The van der Waals surface area contributed by atoms with Crippen LogP contribution >= 0.6 is 11.6 Å². The second kappa shape index (κ2) is 4.98. The Morgan fingerprint density at radius 1 is 1.33 bits per heavy atom. The van der Waals surface area contributed by atoms with Crippen molar-refractivity contribution in [2.24, 2.45) is 0 Å². The first kappa shape index (κ1) is 14.5. The van der Waals surface area contributed by atoms with Gasteiger partial charge in [0, 0.05) is 17.6 Å². The van der Waals surface area contributed by atoms with Gasteiger partial charge in [-0.15, -0.1) is 0 Å². The summed E-state index contributed by atoms with van der Waals surface area (Å²) in [5.41, 5.74) is -0.0530. The Labute approximate surface area is 111 Å². The van der Waals surface area contributed by atoms with Crippen molar-refractivity contribution in [3.8, 4) is 0 Å². The summed E-state index contributed by atoms with van der Waals surface area (Å²) in [5.74, 6) is -1.40. The Kier molecular flexibility index (Phi) is 4.02. The molecule has 0 aliphatic rings. The lowest BCUT2D eigenvalue weighted by Gasteiger charge is -2.31. The number of carboxylic acids is 1. The van der Waals surface area contributed by atoms with Crippen molar-refractivity contribution >= 4 is 23.5 Å². The number of hydrogen-bond acceptors (Lipinski definition) is 2. The molecule has 1 rings (SSSR count). The average molecular weight is 270 g/mol. The Bertz CT molecular complexity index is 497. The van der Waals surface area contributed by atoms with Gasteiger partial charge in [-0.3, -0.25) is 4.79 Å². The number of carboxylic acid groups (broad SMARTS) is 1. The zero-order valence-electron chi connectivity index (χ0n) is 10.8. The molecule has 4 nitrogen and oxygen atoms in total. The predicted molar refractivity (Wildman–Crippen MR) is 70.0 cm³/mol. The van der Waals surface area contributed by atoms with E-state index < -0.39 is 11.5 Å². The Hall–Kier alpha value is -1.55. The molecule has 1 N–H and O–H groups in total. The van der Waals surface area contributed by atoms with Crippen LogP contribution in [0.25, 0.3) is 0 Å². The van der Waals surface area contributed by atoms with Gasteiger partial charge >= 0.3 is 5.97 Å². The van der Waals surface area contributed by atoms with Crippen LogP contribution < -0.4 is 0 Å². The minimum atomic E-state index is -1.26. The van der Waals surface area contributed by atoms with Crippen molar-refractivity contribution in [2.75, 3.05) is 7.05 Å². The second-order valence-electron chi connectivity index (χ2n) is 4.69. The predicted octanol–water partition coefficient (Wildman–Crippen LogP) is 2.58. The van der Waals surface area contributed by atoms with E-state index in [0.717, 1.165) is 5.56 Å². The number of amides is 1. The molecule has 0 aliphatic carbocycles. The first-order chi connectivity index (χ1) is 8.17. The molecular weight excluding hydrogens is 254 g/mol. The standard InChI is InChI=1S/C13H16ClNO3/c1-8-7-9(5-6-10(8)14)11(16)15(4)13(2,3)12(17)18/h5-7H,1-4H3,(H,17,18). The van der Waals surface area contributed by atoms with Crippen LogP contribution in [0.5, 0.6) is 0 Å². The fraction of sp³-hybridized carbons (Fsp3) is 0.385. The van der Waals surface area contributed by atoms with E-state index in [0.29, 0.717) is 10.6 Å². The van der Waals surface area contributed by atoms with Crippen molar-refractivity contribution in [1.82, 2.24) is 4.90 Å². The molecule has 0 saturated carbocycles. The van der Waals surface area contributed by atoms with Gasteiger partial charge in [0.2, 0.25) is 0 Å². The number of aryl methyl sites for hydroxylation is 1. The number of carbonyl (C=O) groups excluding carboxylic acids is 1. The van der Waals surface area contributed by atoms with E-state index in [4.69, 9.17) is 16.7 Å². The molecule has 0 unspecified atom stereocenters. The molecule has 1 aromatic rings. The summed E-state index contributed by atoms with van der Waals surface area (Å²) in [5, 5.41) is 9.67. The number of hydrogen-bond donors (Lipinski definition) is 1. The topological polar surface area (TPSA) is 57.6 Å². The number of likely N-dealkylation sites (N-methyl/N-ethyl adjacent to an activating group) is 1. The Morgan fingerprint density at radius 3 is 2.33 bits per heavy atom. The van der Waals surface area contributed by atoms with Crippen LogP contribution in [0.4, 0.5) is 0 Å². The van der Waals surface area contributed by atoms with Gasteiger partial charge in [-0.25, -0.2) is 4.79 Å². The van der Waals surface area contributed by atoms with Gasteiger partial charge in [0.25, 0.3) is 5.91 Å². The highest BCUT2D eigenvalue weighted by Crippen LogP contribution is 2.20. The third kappa shape index (κ3) is 2.64. The molecule has 0 radical (unpaired) electrons. The summed E-state index contributed by atoms with van der Waals surface area (Å²) in [7, 11) is 1.47. The molecule has 0 heterocycles. The highest BCUT2D eigenvalue weighted by molar-refractivity contribution is 6.31. The minimum Gasteiger partial charge on any atom is -0.480 e. The molecule has 18 heavy (non-hydrogen) atoms. The summed E-state index contributed by atoms with van der Waals surface area (Å²) in [6.45, 7) is 4.76. The van der Waals surface area contributed by atoms with Crippen molar-refractivity contribution < 1.29 is 14.7 Å². The molecule has 5 heteroatoms. The molecule has 0 fully saturated rings. The van der Waals surface area contributed by atoms with Gasteiger partial charge in [-0.1, -0.05) is 11.6 Å². The molecule has 0 bridgehead atoms. The number of carbonyl (C=O) groups is 2. The lowest BCUT2D eigenvalue weighted by atomic mass is 10.0. The van der Waals surface area contributed by atoms with Gasteiger partial charge in [-0.2, -0.15) is 0 Å². The fourth-order valence-electron chi connectivity index (χ4n) is 1.37. The van der Waals surface area contributed by atoms with Crippen LogP contribution in [0.15, 0.2) is 18.2 Å². The molecule has 0 aliphatic heterocycles. The van der Waals surface area contributed by atoms with Crippen LogP contribution in [-0.2, 0) is 4.79 Å². The highest BCUT2D eigenvalue weighted by Gasteiger charge is 2.35. The third-order valence-electron chi connectivity index (χ3n) is 3.07. The van der Waals surface area contributed by atoms with Crippen LogP contribution in [0.2, 0.25) is 5.02 Å². The molecule has 0 atom stereocenters. The summed E-state index contributed by atoms with van der Waals surface area (Å²) in [4.78, 5) is 24.5. The lowest BCUT2D eigenvalue weighted by molar-refractivity contribution is -0.147. The summed E-state index contributed by atoms with van der Waals surface area (Å²) < 4.78 is 0. The lowest BCUT2D eigenvalue weighted by Crippen LogP contribution is -2.50. The monoisotopic (exact) mass is 269 g/mol. The summed E-state index contributed by atoms with van der Waals surface area (Å²) >= 11 is 5.89. The maximum Gasteiger partial charge on any atom is 0.329 e. The Morgan fingerprint density at radius 2 is 1.89 bits per heavy atom. The van der Waals surface area contributed by atoms with Crippen LogP contribution in [0, 0.1) is 6.92 Å². The zero-order valence-corrected chi connectivity index (χ0v) is 11.6. The van der Waals surface area contributed by atoms with E-state index in [1.165, 1.54) is 25.8 Å². The number of aliphatic carboxylic acids is 1. The first-order valence-corrected chi connectivity index (χ1v) is 5.83. The molecule has 0 saturated heterocycles. The molecular formula is C13H16ClNO3. The van der Waals surface area contributed by atoms with Crippen molar-refractivity contribution in [1.29, 1.82) is 0 Å². The SMILES string of the molecule is Cc1cc(C(=O)N(C)C(C)(C)C(=O)O)ccc1Cl. The van der Waals surface area contributed by atoms with Crippen molar-refractivity contribution in [2.45, 2.75) is 26.3 Å². The molecule has 1 aromatic carbocycles. The highest BCUT2D eigenvalue weighted by atomic mass is 35.5. The minimum absolute atomic E-state index is 0.345. The smallest absolute Gasteiger partial charge is 0.329 e. The summed E-state index contributed by atoms with van der Waals surface area (Å²) in [6, 6.07) is 4.87. The number of rotatable bonds is 3. The average Bonchev–Trinajstić information content (AvgIpc) is 2.30. The number of nitrogens with zero attached hydrogens (tertiary/aromatic N) is 1. The Balaban J connectivity index is 3.07. The first-order valence-electron chi connectivity index (χ1n) is 5.45. The number of halogens is 1. The van der Waals surface area contributed by atoms with Crippen LogP contribution in [0.3, 0.4) is 0 Å². The van der Waals surface area contributed by atoms with Gasteiger partial charge < -0.3 is 10.0 Å². The quantitative estimate of drug-likeness (QED) is 0.918. The van der Waals surface area contributed by atoms with Gasteiger partial charge in [0.05, 0.1) is 0 Å². The van der Waals surface area contributed by atoms with E-state index >= 15 is 0 Å². The number of benzene rings is 1. The molecule has 0 aromatic heterocycles. The van der Waals surface area contributed by atoms with Crippen molar-refractivity contribution in [3.05, 3.63) is 34.3 Å². The maximum absolute atomic E-state index is 12.2. The second-order valence-corrected chi connectivity index (χ2v) is 5.10. The normalized spacial score (nSPS) is 11.2. The molecule has 1 amide bonds. The van der Waals surface area contributed by atoms with E-state index in [1.807, 2.05) is 0 Å². The van der Waals surface area contributed by atoms with Gasteiger partial charge in [0.15, 0.2) is 0 Å². The van der Waals surface area contributed by atoms with E-state index in [2.05, 4.69) is 0 Å². The van der Waals surface area contributed by atoms with Crippen molar-refractivity contribution in [3.63, 3.8) is 0 Å². The van der Waals surface area contributed by atoms with E-state index in [-0.39, 0.29) is 5.91 Å². The molecule has 0 spiro atoms.